The molecule has 0 spiro atoms. The lowest BCUT2D eigenvalue weighted by atomic mass is 10.2. The summed E-state index contributed by atoms with van der Waals surface area (Å²) in [6.45, 7) is -0.0510. The Kier molecular flexibility index (Phi) is 5.29. The third kappa shape index (κ3) is 3.83. The van der Waals surface area contributed by atoms with Gasteiger partial charge in [0.05, 0.1) is 7.11 Å². The van der Waals surface area contributed by atoms with Crippen LogP contribution >= 0.6 is 0 Å². The topological polar surface area (TPSA) is 93.1 Å². The van der Waals surface area contributed by atoms with Crippen molar-refractivity contribution in [2.45, 2.75) is 18.8 Å². The van der Waals surface area contributed by atoms with E-state index in [0.29, 0.717) is 0 Å². The van der Waals surface area contributed by atoms with Gasteiger partial charge in [0.15, 0.2) is 12.2 Å². The largest absolute Gasteiger partial charge is 0.467 e. The molecular formula is C12H14O6. The number of rotatable bonds is 5. The SMILES string of the molecule is COC(=O)C(O)C(O)C(=O)OCc1ccccc1. The first-order chi connectivity index (χ1) is 8.56. The molecule has 0 saturated heterocycles. The normalized spacial score (nSPS) is 13.5. The van der Waals surface area contributed by atoms with Crippen LogP contribution < -0.4 is 0 Å². The van der Waals surface area contributed by atoms with Gasteiger partial charge in [-0.2, -0.15) is 0 Å². The molecular weight excluding hydrogens is 240 g/mol. The van der Waals surface area contributed by atoms with Crippen LogP contribution in [-0.2, 0) is 25.7 Å². The Labute approximate surface area is 104 Å². The monoisotopic (exact) mass is 254 g/mol. The molecule has 2 unspecified atom stereocenters. The third-order valence-electron chi connectivity index (χ3n) is 2.21. The van der Waals surface area contributed by atoms with Crippen molar-refractivity contribution < 1.29 is 29.3 Å². The average molecular weight is 254 g/mol. The highest BCUT2D eigenvalue weighted by Crippen LogP contribution is 2.04. The molecule has 6 nitrogen and oxygen atoms in total. The van der Waals surface area contributed by atoms with Gasteiger partial charge < -0.3 is 19.7 Å². The fourth-order valence-electron chi connectivity index (χ4n) is 1.19. The van der Waals surface area contributed by atoms with Gasteiger partial charge in [-0.05, 0) is 5.56 Å². The van der Waals surface area contributed by atoms with E-state index in [4.69, 9.17) is 4.74 Å². The van der Waals surface area contributed by atoms with E-state index in [1.54, 1.807) is 30.3 Å². The van der Waals surface area contributed by atoms with Crippen molar-refractivity contribution in [3.63, 3.8) is 0 Å². The summed E-state index contributed by atoms with van der Waals surface area (Å²) in [5, 5.41) is 18.6. The minimum absolute atomic E-state index is 0.0510. The van der Waals surface area contributed by atoms with E-state index in [-0.39, 0.29) is 6.61 Å². The highest BCUT2D eigenvalue weighted by atomic mass is 16.6. The summed E-state index contributed by atoms with van der Waals surface area (Å²) >= 11 is 0. The van der Waals surface area contributed by atoms with Crippen LogP contribution in [0.15, 0.2) is 30.3 Å². The smallest absolute Gasteiger partial charge is 0.338 e. The first kappa shape index (κ1) is 14.1. The van der Waals surface area contributed by atoms with Gasteiger partial charge in [-0.25, -0.2) is 9.59 Å². The number of hydrogen-bond acceptors (Lipinski definition) is 6. The molecule has 0 heterocycles. The number of esters is 2. The van der Waals surface area contributed by atoms with Gasteiger partial charge in [0.2, 0.25) is 0 Å². The lowest BCUT2D eigenvalue weighted by molar-refractivity contribution is -0.172. The van der Waals surface area contributed by atoms with Gasteiger partial charge in [0.25, 0.3) is 0 Å². The molecule has 1 aromatic carbocycles. The van der Waals surface area contributed by atoms with E-state index in [9.17, 15) is 19.8 Å². The molecule has 98 valence electrons. The molecule has 2 N–H and O–H groups in total. The molecule has 1 rings (SSSR count). The Hall–Kier alpha value is -1.92. The molecule has 0 bridgehead atoms. The number of aliphatic hydroxyl groups is 2. The first-order valence-corrected chi connectivity index (χ1v) is 5.20. The average Bonchev–Trinajstić information content (AvgIpc) is 2.43. The zero-order chi connectivity index (χ0) is 13.5. The summed E-state index contributed by atoms with van der Waals surface area (Å²) in [4.78, 5) is 22.2. The summed E-state index contributed by atoms with van der Waals surface area (Å²) < 4.78 is 8.94. The molecule has 0 aliphatic rings. The fraction of sp³-hybridized carbons (Fsp3) is 0.333. The summed E-state index contributed by atoms with van der Waals surface area (Å²) in [5.74, 6) is -2.18. The van der Waals surface area contributed by atoms with Crippen molar-refractivity contribution in [3.8, 4) is 0 Å². The van der Waals surface area contributed by atoms with Crippen molar-refractivity contribution in [2.24, 2.45) is 0 Å². The fourth-order valence-corrected chi connectivity index (χ4v) is 1.19. The molecule has 2 atom stereocenters. The maximum Gasteiger partial charge on any atom is 0.338 e. The second-order valence-electron chi connectivity index (χ2n) is 3.51. The van der Waals surface area contributed by atoms with Crippen molar-refractivity contribution in [1.29, 1.82) is 0 Å². The molecule has 0 aliphatic heterocycles. The van der Waals surface area contributed by atoms with Crippen LogP contribution in [0, 0.1) is 0 Å². The maximum absolute atomic E-state index is 11.3. The van der Waals surface area contributed by atoms with E-state index in [1.165, 1.54) is 0 Å². The molecule has 0 amide bonds. The third-order valence-corrected chi connectivity index (χ3v) is 2.21. The number of hydrogen-bond donors (Lipinski definition) is 2. The second kappa shape index (κ2) is 6.73. The summed E-state index contributed by atoms with van der Waals surface area (Å²) in [7, 11) is 1.04. The number of benzene rings is 1. The maximum atomic E-state index is 11.3. The Balaban J connectivity index is 2.48. The number of carbonyl (C=O) groups is 2. The van der Waals surface area contributed by atoms with Crippen molar-refractivity contribution in [1.82, 2.24) is 0 Å². The lowest BCUT2D eigenvalue weighted by Crippen LogP contribution is -2.41. The van der Waals surface area contributed by atoms with Gasteiger partial charge in [-0.15, -0.1) is 0 Å². The molecule has 0 saturated carbocycles. The summed E-state index contributed by atoms with van der Waals surface area (Å²) in [5.41, 5.74) is 0.727. The standard InChI is InChI=1S/C12H14O6/c1-17-11(15)9(13)10(14)12(16)18-7-8-5-3-2-4-6-8/h2-6,9-10,13-14H,7H2,1H3. The van der Waals surface area contributed by atoms with E-state index in [0.717, 1.165) is 12.7 Å². The predicted octanol–water partition coefficient (Wildman–Crippen LogP) is -0.375. The predicted molar refractivity (Wildman–Crippen MR) is 60.3 cm³/mol. The lowest BCUT2D eigenvalue weighted by Gasteiger charge is -2.14. The zero-order valence-corrected chi connectivity index (χ0v) is 9.78. The van der Waals surface area contributed by atoms with Crippen LogP contribution in [0.1, 0.15) is 5.56 Å². The Morgan fingerprint density at radius 1 is 1.11 bits per heavy atom. The van der Waals surface area contributed by atoms with Gasteiger partial charge in [-0.3, -0.25) is 0 Å². The van der Waals surface area contributed by atoms with Crippen LogP contribution in [0.4, 0.5) is 0 Å². The van der Waals surface area contributed by atoms with Gasteiger partial charge in [0, 0.05) is 0 Å². The van der Waals surface area contributed by atoms with Crippen LogP contribution in [0.3, 0.4) is 0 Å². The Morgan fingerprint density at radius 2 is 1.67 bits per heavy atom. The van der Waals surface area contributed by atoms with E-state index in [2.05, 4.69) is 4.74 Å². The van der Waals surface area contributed by atoms with Crippen LogP contribution in [0.5, 0.6) is 0 Å². The van der Waals surface area contributed by atoms with Crippen LogP contribution in [0.2, 0.25) is 0 Å². The molecule has 1 aromatic rings. The van der Waals surface area contributed by atoms with Crippen molar-refractivity contribution >= 4 is 11.9 Å². The number of ether oxygens (including phenoxy) is 2. The molecule has 0 fully saturated rings. The number of methoxy groups -OCH3 is 1. The van der Waals surface area contributed by atoms with Gasteiger partial charge in [0.1, 0.15) is 6.61 Å². The van der Waals surface area contributed by atoms with Crippen molar-refractivity contribution in [2.75, 3.05) is 7.11 Å². The molecule has 0 aliphatic carbocycles. The molecule has 6 heteroatoms. The quantitative estimate of drug-likeness (QED) is 0.696. The Bertz CT molecular complexity index is 402. The van der Waals surface area contributed by atoms with E-state index in [1.807, 2.05) is 0 Å². The number of aliphatic hydroxyl groups excluding tert-OH is 2. The summed E-state index contributed by atoms with van der Waals surface area (Å²) in [6.07, 6.45) is -3.90. The minimum Gasteiger partial charge on any atom is -0.467 e. The van der Waals surface area contributed by atoms with Crippen LogP contribution in [0.25, 0.3) is 0 Å². The molecule has 18 heavy (non-hydrogen) atoms. The minimum atomic E-state index is -1.96. The Morgan fingerprint density at radius 3 is 2.22 bits per heavy atom. The highest BCUT2D eigenvalue weighted by Gasteiger charge is 2.32. The number of carbonyl (C=O) groups excluding carboxylic acids is 2. The highest BCUT2D eigenvalue weighted by molar-refractivity contribution is 5.85. The zero-order valence-electron chi connectivity index (χ0n) is 9.78. The van der Waals surface area contributed by atoms with Crippen LogP contribution in [-0.4, -0.2) is 41.5 Å². The van der Waals surface area contributed by atoms with E-state index >= 15 is 0 Å². The molecule has 0 aromatic heterocycles. The second-order valence-corrected chi connectivity index (χ2v) is 3.51. The van der Waals surface area contributed by atoms with Gasteiger partial charge >= 0.3 is 11.9 Å². The van der Waals surface area contributed by atoms with Gasteiger partial charge in [-0.1, -0.05) is 30.3 Å². The summed E-state index contributed by atoms with van der Waals surface area (Å²) in [6, 6.07) is 8.81. The molecule has 0 radical (unpaired) electrons. The van der Waals surface area contributed by atoms with E-state index < -0.39 is 24.1 Å². The van der Waals surface area contributed by atoms with Crippen molar-refractivity contribution in [3.05, 3.63) is 35.9 Å². The first-order valence-electron chi connectivity index (χ1n) is 5.20.